The van der Waals surface area contributed by atoms with E-state index in [-0.39, 0.29) is 11.8 Å². The molecule has 0 aliphatic heterocycles. The Labute approximate surface area is 120 Å². The minimum absolute atomic E-state index is 0.116. The summed E-state index contributed by atoms with van der Waals surface area (Å²) in [6.07, 6.45) is 0.930. The summed E-state index contributed by atoms with van der Waals surface area (Å²) in [4.78, 5) is 0. The predicted octanol–water partition coefficient (Wildman–Crippen LogP) is 4.50. The molecular weight excluding hydrogens is 246 g/mol. The fourth-order valence-electron chi connectivity index (χ4n) is 2.57. The fraction of sp³-hybridized carbons (Fsp3) is 0.278. The minimum atomic E-state index is -0.116. The van der Waals surface area contributed by atoms with Crippen molar-refractivity contribution in [3.05, 3.63) is 65.7 Å². The van der Waals surface area contributed by atoms with Gasteiger partial charge in [0.05, 0.1) is 19.1 Å². The molecule has 2 heteroatoms. The predicted molar refractivity (Wildman–Crippen MR) is 80.8 cm³/mol. The van der Waals surface area contributed by atoms with Gasteiger partial charge in [-0.15, -0.1) is 0 Å². The first-order chi connectivity index (χ1) is 9.80. The van der Waals surface area contributed by atoms with Gasteiger partial charge in [-0.3, -0.25) is 0 Å². The lowest BCUT2D eigenvalue weighted by Gasteiger charge is -2.21. The standard InChI is InChI=1S/C18H19NO/c1-3-17(15-9-11-16(20-2)12-10-15)18(13-19)14-7-5-4-6-8-14/h4-12,17-18H,3H2,1-2H3/t17-,18-/m1/s1. The van der Waals surface area contributed by atoms with Gasteiger partial charge in [0, 0.05) is 5.92 Å². The molecule has 0 radical (unpaired) electrons. The van der Waals surface area contributed by atoms with E-state index < -0.39 is 0 Å². The van der Waals surface area contributed by atoms with Gasteiger partial charge < -0.3 is 4.74 Å². The molecule has 0 saturated heterocycles. The molecule has 0 unspecified atom stereocenters. The molecule has 0 fully saturated rings. The van der Waals surface area contributed by atoms with E-state index in [1.165, 1.54) is 5.56 Å². The first kappa shape index (κ1) is 14.1. The third-order valence-corrected chi connectivity index (χ3v) is 3.68. The van der Waals surface area contributed by atoms with E-state index >= 15 is 0 Å². The van der Waals surface area contributed by atoms with Gasteiger partial charge in [0.25, 0.3) is 0 Å². The van der Waals surface area contributed by atoms with Crippen LogP contribution >= 0.6 is 0 Å². The molecule has 0 aromatic heterocycles. The van der Waals surface area contributed by atoms with Gasteiger partial charge in [-0.2, -0.15) is 5.26 Å². The zero-order valence-electron chi connectivity index (χ0n) is 11.9. The number of methoxy groups -OCH3 is 1. The van der Waals surface area contributed by atoms with E-state index in [9.17, 15) is 5.26 Å². The van der Waals surface area contributed by atoms with E-state index in [0.29, 0.717) is 0 Å². The Hall–Kier alpha value is -2.27. The van der Waals surface area contributed by atoms with Crippen LogP contribution in [0, 0.1) is 11.3 Å². The lowest BCUT2D eigenvalue weighted by Crippen LogP contribution is -2.09. The summed E-state index contributed by atoms with van der Waals surface area (Å²) in [7, 11) is 1.66. The monoisotopic (exact) mass is 265 g/mol. The number of rotatable bonds is 5. The quantitative estimate of drug-likeness (QED) is 0.797. The van der Waals surface area contributed by atoms with E-state index in [2.05, 4.69) is 25.1 Å². The number of ether oxygens (including phenoxy) is 1. The Morgan fingerprint density at radius 2 is 1.65 bits per heavy atom. The molecule has 2 nitrogen and oxygen atoms in total. The van der Waals surface area contributed by atoms with Gasteiger partial charge in [-0.05, 0) is 29.7 Å². The average Bonchev–Trinajstić information content (AvgIpc) is 2.53. The largest absolute Gasteiger partial charge is 0.497 e. The highest BCUT2D eigenvalue weighted by molar-refractivity contribution is 5.35. The molecule has 0 saturated carbocycles. The third-order valence-electron chi connectivity index (χ3n) is 3.68. The molecule has 0 N–H and O–H groups in total. The smallest absolute Gasteiger partial charge is 0.118 e. The maximum Gasteiger partial charge on any atom is 0.118 e. The van der Waals surface area contributed by atoms with Crippen LogP contribution in [0.2, 0.25) is 0 Å². The van der Waals surface area contributed by atoms with Crippen molar-refractivity contribution < 1.29 is 4.74 Å². The van der Waals surface area contributed by atoms with Crippen molar-refractivity contribution in [1.82, 2.24) is 0 Å². The molecule has 0 aliphatic rings. The summed E-state index contributed by atoms with van der Waals surface area (Å²) in [5, 5.41) is 9.57. The first-order valence-corrected chi connectivity index (χ1v) is 6.88. The van der Waals surface area contributed by atoms with E-state index in [0.717, 1.165) is 17.7 Å². The summed E-state index contributed by atoms with van der Waals surface area (Å²) in [5.74, 6) is 0.930. The normalized spacial score (nSPS) is 13.2. The Morgan fingerprint density at radius 1 is 1.00 bits per heavy atom. The van der Waals surface area contributed by atoms with Gasteiger partial charge in [0.2, 0.25) is 0 Å². The molecule has 0 heterocycles. The Morgan fingerprint density at radius 3 is 2.15 bits per heavy atom. The Bertz CT molecular complexity index is 569. The van der Waals surface area contributed by atoms with Crippen LogP contribution in [-0.2, 0) is 0 Å². The molecule has 0 amide bonds. The summed E-state index contributed by atoms with van der Waals surface area (Å²) in [6.45, 7) is 2.13. The highest BCUT2D eigenvalue weighted by atomic mass is 16.5. The van der Waals surface area contributed by atoms with Gasteiger partial charge in [-0.25, -0.2) is 0 Å². The summed E-state index contributed by atoms with van der Waals surface area (Å²) >= 11 is 0. The molecule has 0 bridgehead atoms. The summed E-state index contributed by atoms with van der Waals surface area (Å²) in [5.41, 5.74) is 2.27. The van der Waals surface area contributed by atoms with Gasteiger partial charge in [-0.1, -0.05) is 49.4 Å². The highest BCUT2D eigenvalue weighted by Gasteiger charge is 2.23. The molecule has 2 atom stereocenters. The average molecular weight is 265 g/mol. The van der Waals surface area contributed by atoms with Crippen molar-refractivity contribution in [2.24, 2.45) is 0 Å². The molecule has 0 spiro atoms. The van der Waals surface area contributed by atoms with Gasteiger partial charge in [0.15, 0.2) is 0 Å². The highest BCUT2D eigenvalue weighted by Crippen LogP contribution is 2.35. The number of nitrogens with zero attached hydrogens (tertiary/aromatic N) is 1. The van der Waals surface area contributed by atoms with Gasteiger partial charge in [0.1, 0.15) is 5.75 Å². The number of hydrogen-bond donors (Lipinski definition) is 0. The Kier molecular flexibility index (Phi) is 4.79. The molecule has 2 aromatic carbocycles. The topological polar surface area (TPSA) is 33.0 Å². The second kappa shape index (κ2) is 6.77. The number of hydrogen-bond acceptors (Lipinski definition) is 2. The van der Waals surface area contributed by atoms with Crippen molar-refractivity contribution in [3.63, 3.8) is 0 Å². The van der Waals surface area contributed by atoms with Crippen molar-refractivity contribution in [2.75, 3.05) is 7.11 Å². The third kappa shape index (κ3) is 3.00. The zero-order valence-corrected chi connectivity index (χ0v) is 11.9. The molecular formula is C18H19NO. The second-order valence-corrected chi connectivity index (χ2v) is 4.81. The zero-order chi connectivity index (χ0) is 14.4. The maximum absolute atomic E-state index is 9.57. The number of benzene rings is 2. The van der Waals surface area contributed by atoms with E-state index in [1.54, 1.807) is 7.11 Å². The van der Waals surface area contributed by atoms with Crippen LogP contribution < -0.4 is 4.74 Å². The fourth-order valence-corrected chi connectivity index (χ4v) is 2.57. The summed E-state index contributed by atoms with van der Waals surface area (Å²) < 4.78 is 5.19. The Balaban J connectivity index is 2.32. The molecule has 2 aromatic rings. The lowest BCUT2D eigenvalue weighted by molar-refractivity contribution is 0.414. The SMILES string of the molecule is CC[C@H](c1ccc(OC)cc1)[C@H](C#N)c1ccccc1. The number of nitriles is 1. The van der Waals surface area contributed by atoms with Gasteiger partial charge >= 0.3 is 0 Å². The molecule has 20 heavy (non-hydrogen) atoms. The molecule has 0 aliphatic carbocycles. The van der Waals surface area contributed by atoms with Crippen LogP contribution in [0.1, 0.15) is 36.3 Å². The summed E-state index contributed by atoms with van der Waals surface area (Å²) in [6, 6.07) is 20.5. The van der Waals surface area contributed by atoms with Crippen LogP contribution in [0.4, 0.5) is 0 Å². The van der Waals surface area contributed by atoms with E-state index in [1.807, 2.05) is 42.5 Å². The lowest BCUT2D eigenvalue weighted by atomic mass is 9.81. The van der Waals surface area contributed by atoms with Crippen LogP contribution in [0.3, 0.4) is 0 Å². The van der Waals surface area contributed by atoms with Crippen molar-refractivity contribution in [2.45, 2.75) is 25.2 Å². The minimum Gasteiger partial charge on any atom is -0.497 e. The van der Waals surface area contributed by atoms with Crippen LogP contribution in [0.25, 0.3) is 0 Å². The second-order valence-electron chi connectivity index (χ2n) is 4.81. The van der Waals surface area contributed by atoms with Crippen LogP contribution in [-0.4, -0.2) is 7.11 Å². The van der Waals surface area contributed by atoms with Crippen molar-refractivity contribution in [3.8, 4) is 11.8 Å². The van der Waals surface area contributed by atoms with Crippen molar-refractivity contribution >= 4 is 0 Å². The first-order valence-electron chi connectivity index (χ1n) is 6.88. The van der Waals surface area contributed by atoms with Crippen molar-refractivity contribution in [1.29, 1.82) is 5.26 Å². The maximum atomic E-state index is 9.57. The van der Waals surface area contributed by atoms with Crippen LogP contribution in [0.15, 0.2) is 54.6 Å². The van der Waals surface area contributed by atoms with Crippen LogP contribution in [0.5, 0.6) is 5.75 Å². The molecule has 102 valence electrons. The van der Waals surface area contributed by atoms with E-state index in [4.69, 9.17) is 4.74 Å². The molecule has 2 rings (SSSR count).